The maximum absolute atomic E-state index is 12.0. The molecule has 0 aliphatic rings. The van der Waals surface area contributed by atoms with Crippen LogP contribution in [0.2, 0.25) is 0 Å². The van der Waals surface area contributed by atoms with E-state index in [4.69, 9.17) is 4.74 Å². The van der Waals surface area contributed by atoms with Gasteiger partial charge in [0.05, 0.1) is 13.0 Å². The number of ether oxygens (including phenoxy) is 1. The molecule has 27 heavy (non-hydrogen) atoms. The number of esters is 1. The van der Waals surface area contributed by atoms with Gasteiger partial charge in [0, 0.05) is 5.69 Å². The third-order valence-corrected chi connectivity index (χ3v) is 3.95. The average Bonchev–Trinajstić information content (AvgIpc) is 2.67. The zero-order valence-corrected chi connectivity index (χ0v) is 15.6. The molecule has 0 unspecified atom stereocenters. The van der Waals surface area contributed by atoms with Gasteiger partial charge in [-0.3, -0.25) is 14.4 Å². The van der Waals surface area contributed by atoms with Crippen LogP contribution in [0, 0.1) is 6.92 Å². The van der Waals surface area contributed by atoms with E-state index in [2.05, 4.69) is 10.6 Å². The minimum Gasteiger partial charge on any atom is -0.455 e. The fourth-order valence-electron chi connectivity index (χ4n) is 2.44. The van der Waals surface area contributed by atoms with E-state index in [1.54, 1.807) is 0 Å². The average molecular weight is 368 g/mol. The Morgan fingerprint density at radius 3 is 2.37 bits per heavy atom. The van der Waals surface area contributed by atoms with Crippen molar-refractivity contribution in [1.82, 2.24) is 5.32 Å². The maximum Gasteiger partial charge on any atom is 0.310 e. The lowest BCUT2D eigenvalue weighted by molar-refractivity contribution is -0.147. The van der Waals surface area contributed by atoms with Crippen LogP contribution < -0.4 is 10.6 Å². The number of para-hydroxylation sites is 1. The van der Waals surface area contributed by atoms with Crippen LogP contribution in [0.1, 0.15) is 23.6 Å². The summed E-state index contributed by atoms with van der Waals surface area (Å²) in [5.74, 6) is -1.35. The van der Waals surface area contributed by atoms with Crippen molar-refractivity contribution in [2.45, 2.75) is 26.7 Å². The molecule has 6 heteroatoms. The number of hydrogen-bond acceptors (Lipinski definition) is 4. The van der Waals surface area contributed by atoms with Crippen molar-refractivity contribution in [3.05, 3.63) is 65.2 Å². The Hall–Kier alpha value is -3.15. The Balaban J connectivity index is 1.70. The Bertz CT molecular complexity index is 800. The highest BCUT2D eigenvalue weighted by molar-refractivity contribution is 5.95. The molecule has 0 atom stereocenters. The summed E-state index contributed by atoms with van der Waals surface area (Å²) in [7, 11) is 0. The predicted octanol–water partition coefficient (Wildman–Crippen LogP) is 2.40. The normalized spacial score (nSPS) is 10.1. The lowest BCUT2D eigenvalue weighted by Crippen LogP contribution is -2.35. The van der Waals surface area contributed by atoms with Crippen LogP contribution in [0.3, 0.4) is 0 Å². The Labute approximate surface area is 158 Å². The molecule has 2 aromatic rings. The Kier molecular flexibility index (Phi) is 7.55. The molecule has 0 fully saturated rings. The molecule has 0 saturated carbocycles. The number of hydrogen-bond donors (Lipinski definition) is 2. The van der Waals surface area contributed by atoms with Gasteiger partial charge in [-0.25, -0.2) is 0 Å². The number of anilines is 1. The summed E-state index contributed by atoms with van der Waals surface area (Å²) in [5.41, 5.74) is 3.66. The first-order chi connectivity index (χ1) is 13.0. The zero-order valence-electron chi connectivity index (χ0n) is 15.6. The second kappa shape index (κ2) is 10.1. The van der Waals surface area contributed by atoms with Crippen LogP contribution in [0.4, 0.5) is 5.69 Å². The third kappa shape index (κ3) is 6.93. The van der Waals surface area contributed by atoms with Crippen LogP contribution in [0.5, 0.6) is 0 Å². The fourth-order valence-corrected chi connectivity index (χ4v) is 2.44. The maximum atomic E-state index is 12.0. The third-order valence-electron chi connectivity index (χ3n) is 3.95. The molecular formula is C21H24N2O4. The first-order valence-corrected chi connectivity index (χ1v) is 8.83. The molecule has 0 heterocycles. The van der Waals surface area contributed by atoms with Crippen molar-refractivity contribution in [2.24, 2.45) is 0 Å². The van der Waals surface area contributed by atoms with Gasteiger partial charge < -0.3 is 15.4 Å². The highest BCUT2D eigenvalue weighted by Gasteiger charge is 2.11. The highest BCUT2D eigenvalue weighted by Crippen LogP contribution is 2.14. The van der Waals surface area contributed by atoms with Gasteiger partial charge in [0.25, 0.3) is 5.91 Å². The minimum absolute atomic E-state index is 0.0991. The molecule has 0 aliphatic carbocycles. The van der Waals surface area contributed by atoms with Crippen molar-refractivity contribution in [3.8, 4) is 0 Å². The van der Waals surface area contributed by atoms with Gasteiger partial charge in [0.15, 0.2) is 6.61 Å². The molecule has 2 amide bonds. The molecule has 0 radical (unpaired) electrons. The second-order valence-corrected chi connectivity index (χ2v) is 6.16. The van der Waals surface area contributed by atoms with Gasteiger partial charge in [0.1, 0.15) is 0 Å². The number of aryl methyl sites for hydroxylation is 2. The topological polar surface area (TPSA) is 84.5 Å². The van der Waals surface area contributed by atoms with Gasteiger partial charge in [-0.05, 0) is 30.5 Å². The van der Waals surface area contributed by atoms with E-state index in [1.807, 2.05) is 62.4 Å². The quantitative estimate of drug-likeness (QED) is 0.701. The lowest BCUT2D eigenvalue weighted by Gasteiger charge is -2.10. The monoisotopic (exact) mass is 368 g/mol. The number of rotatable bonds is 8. The molecule has 6 nitrogen and oxygen atoms in total. The van der Waals surface area contributed by atoms with Crippen molar-refractivity contribution < 1.29 is 19.1 Å². The van der Waals surface area contributed by atoms with Crippen molar-refractivity contribution >= 4 is 23.5 Å². The summed E-state index contributed by atoms with van der Waals surface area (Å²) in [5, 5.41) is 5.20. The molecule has 0 aromatic heterocycles. The minimum atomic E-state index is -0.522. The van der Waals surface area contributed by atoms with Gasteiger partial charge in [0.2, 0.25) is 5.91 Å². The summed E-state index contributed by atoms with van der Waals surface area (Å²) >= 11 is 0. The number of carbonyl (C=O) groups is 3. The molecule has 0 saturated heterocycles. The molecule has 142 valence electrons. The van der Waals surface area contributed by atoms with E-state index in [-0.39, 0.29) is 18.9 Å². The predicted molar refractivity (Wildman–Crippen MR) is 103 cm³/mol. The molecule has 2 rings (SSSR count). The number of carbonyl (C=O) groups excluding carboxylic acids is 3. The summed E-state index contributed by atoms with van der Waals surface area (Å²) in [6.07, 6.45) is 0.890. The van der Waals surface area contributed by atoms with Crippen LogP contribution in [0.15, 0.2) is 48.5 Å². The number of amides is 2. The first-order valence-electron chi connectivity index (χ1n) is 8.83. The largest absolute Gasteiger partial charge is 0.455 e. The van der Waals surface area contributed by atoms with Crippen molar-refractivity contribution in [3.63, 3.8) is 0 Å². The molecule has 2 N–H and O–H groups in total. The molecule has 0 aliphatic heterocycles. The molecule has 2 aromatic carbocycles. The van der Waals surface area contributed by atoms with Gasteiger partial charge in [-0.15, -0.1) is 0 Å². The first kappa shape index (κ1) is 20.2. The standard InChI is InChI=1S/C21H24N2O4/c1-3-17-6-4-5-7-18(17)23-19(24)13-22-20(25)14-27-21(26)12-16-10-8-15(2)9-11-16/h4-11H,3,12-14H2,1-2H3,(H,22,25)(H,23,24). The van der Waals surface area contributed by atoms with Crippen LogP contribution in [0.25, 0.3) is 0 Å². The molecule has 0 bridgehead atoms. The highest BCUT2D eigenvalue weighted by atomic mass is 16.5. The zero-order chi connectivity index (χ0) is 19.6. The fraction of sp³-hybridized carbons (Fsp3) is 0.286. The van der Waals surface area contributed by atoms with E-state index in [9.17, 15) is 14.4 Å². The van der Waals surface area contributed by atoms with Crippen molar-refractivity contribution in [2.75, 3.05) is 18.5 Å². The van der Waals surface area contributed by atoms with Crippen LogP contribution >= 0.6 is 0 Å². The SMILES string of the molecule is CCc1ccccc1NC(=O)CNC(=O)COC(=O)Cc1ccc(C)cc1. The summed E-state index contributed by atoms with van der Waals surface area (Å²) in [6.45, 7) is 3.36. The molecule has 0 spiro atoms. The van der Waals surface area contributed by atoms with E-state index in [1.165, 1.54) is 0 Å². The summed E-state index contributed by atoms with van der Waals surface area (Å²) in [4.78, 5) is 35.5. The Morgan fingerprint density at radius 1 is 0.963 bits per heavy atom. The Morgan fingerprint density at radius 2 is 1.67 bits per heavy atom. The second-order valence-electron chi connectivity index (χ2n) is 6.16. The summed E-state index contributed by atoms with van der Waals surface area (Å²) < 4.78 is 4.94. The van der Waals surface area contributed by atoms with E-state index in [0.717, 1.165) is 28.8 Å². The van der Waals surface area contributed by atoms with Gasteiger partial charge in [-0.2, -0.15) is 0 Å². The van der Waals surface area contributed by atoms with E-state index >= 15 is 0 Å². The number of nitrogens with one attached hydrogen (secondary N) is 2. The van der Waals surface area contributed by atoms with Crippen LogP contribution in [-0.4, -0.2) is 30.9 Å². The smallest absolute Gasteiger partial charge is 0.310 e. The number of benzene rings is 2. The van der Waals surface area contributed by atoms with Gasteiger partial charge in [-0.1, -0.05) is 55.0 Å². The molecular weight excluding hydrogens is 344 g/mol. The van der Waals surface area contributed by atoms with E-state index in [0.29, 0.717) is 0 Å². The summed E-state index contributed by atoms with van der Waals surface area (Å²) in [6, 6.07) is 15.0. The van der Waals surface area contributed by atoms with Crippen molar-refractivity contribution in [1.29, 1.82) is 0 Å². The van der Waals surface area contributed by atoms with Crippen LogP contribution in [-0.2, 0) is 32.0 Å². The van der Waals surface area contributed by atoms with E-state index < -0.39 is 18.5 Å². The lowest BCUT2D eigenvalue weighted by atomic mass is 10.1. The van der Waals surface area contributed by atoms with Gasteiger partial charge >= 0.3 is 5.97 Å².